The second kappa shape index (κ2) is 7.63. The molecule has 0 aromatic carbocycles. The van der Waals surface area contributed by atoms with Gasteiger partial charge >= 0.3 is 0 Å². The minimum Gasteiger partial charge on any atom is -0.396 e. The van der Waals surface area contributed by atoms with E-state index in [-0.39, 0.29) is 18.6 Å². The van der Waals surface area contributed by atoms with Gasteiger partial charge in [0.05, 0.1) is 3.79 Å². The van der Waals surface area contributed by atoms with Crippen LogP contribution < -0.4 is 5.32 Å². The average molecular weight is 318 g/mol. The summed E-state index contributed by atoms with van der Waals surface area (Å²) >= 11 is 4.95. The van der Waals surface area contributed by atoms with Gasteiger partial charge in [0, 0.05) is 23.6 Å². The van der Waals surface area contributed by atoms with Crippen molar-refractivity contribution in [2.45, 2.75) is 25.8 Å². The van der Waals surface area contributed by atoms with Crippen LogP contribution in [0.25, 0.3) is 6.08 Å². The van der Waals surface area contributed by atoms with Gasteiger partial charge in [-0.15, -0.1) is 11.3 Å². The molecule has 1 unspecified atom stereocenters. The Hall–Kier alpha value is -0.650. The van der Waals surface area contributed by atoms with Crippen molar-refractivity contribution in [3.63, 3.8) is 0 Å². The van der Waals surface area contributed by atoms with E-state index in [1.165, 1.54) is 6.08 Å². The van der Waals surface area contributed by atoms with Gasteiger partial charge in [-0.1, -0.05) is 0 Å². The van der Waals surface area contributed by atoms with Crippen LogP contribution in [0.4, 0.5) is 0 Å². The molecule has 0 aliphatic carbocycles. The lowest BCUT2D eigenvalue weighted by atomic mass is 10.2. The second-order valence-electron chi connectivity index (χ2n) is 3.75. The van der Waals surface area contributed by atoms with E-state index in [0.717, 1.165) is 15.1 Å². The fourth-order valence-corrected chi connectivity index (χ4v) is 2.66. The number of amides is 1. The Labute approximate surface area is 114 Å². The first-order chi connectivity index (χ1) is 8.11. The van der Waals surface area contributed by atoms with Gasteiger partial charge < -0.3 is 10.4 Å². The largest absolute Gasteiger partial charge is 0.396 e. The summed E-state index contributed by atoms with van der Waals surface area (Å²) in [5.74, 6) is -0.0973. The van der Waals surface area contributed by atoms with E-state index >= 15 is 0 Å². The molecule has 3 nitrogen and oxygen atoms in total. The van der Waals surface area contributed by atoms with Crippen LogP contribution >= 0.6 is 27.3 Å². The summed E-state index contributed by atoms with van der Waals surface area (Å²) in [4.78, 5) is 12.6. The Morgan fingerprint density at radius 2 is 2.41 bits per heavy atom. The number of carbonyl (C=O) groups excluding carboxylic acids is 1. The fourth-order valence-electron chi connectivity index (χ4n) is 1.34. The zero-order valence-electron chi connectivity index (χ0n) is 9.65. The number of hydrogen-bond donors (Lipinski definition) is 2. The summed E-state index contributed by atoms with van der Waals surface area (Å²) in [6, 6.07) is 3.99. The molecule has 1 heterocycles. The third kappa shape index (κ3) is 6.00. The van der Waals surface area contributed by atoms with E-state index < -0.39 is 0 Å². The van der Waals surface area contributed by atoms with Crippen LogP contribution in [0.1, 0.15) is 24.6 Å². The summed E-state index contributed by atoms with van der Waals surface area (Å²) in [6.45, 7) is 2.10. The van der Waals surface area contributed by atoms with Crippen LogP contribution in [0.15, 0.2) is 22.0 Å². The second-order valence-corrected chi connectivity index (χ2v) is 6.25. The molecule has 5 heteroatoms. The Morgan fingerprint density at radius 3 is 3.00 bits per heavy atom. The topological polar surface area (TPSA) is 49.3 Å². The molecule has 0 saturated carbocycles. The van der Waals surface area contributed by atoms with Gasteiger partial charge in [0.15, 0.2) is 0 Å². The molecular weight excluding hydrogens is 302 g/mol. The molecule has 1 rings (SSSR count). The zero-order valence-corrected chi connectivity index (χ0v) is 12.1. The van der Waals surface area contributed by atoms with Crippen molar-refractivity contribution < 1.29 is 9.90 Å². The molecule has 1 amide bonds. The van der Waals surface area contributed by atoms with Gasteiger partial charge in [0.1, 0.15) is 0 Å². The van der Waals surface area contributed by atoms with Crippen molar-refractivity contribution in [1.29, 1.82) is 0 Å². The minimum absolute atomic E-state index is 0.0920. The van der Waals surface area contributed by atoms with Gasteiger partial charge in [-0.05, 0) is 53.9 Å². The van der Waals surface area contributed by atoms with Crippen LogP contribution in [0.3, 0.4) is 0 Å². The Bertz CT molecular complexity index is 390. The van der Waals surface area contributed by atoms with Crippen molar-refractivity contribution in [3.05, 3.63) is 26.9 Å². The molecule has 2 N–H and O–H groups in total. The van der Waals surface area contributed by atoms with Gasteiger partial charge in [0.2, 0.25) is 5.91 Å². The van der Waals surface area contributed by atoms with Gasteiger partial charge in [-0.25, -0.2) is 0 Å². The maximum Gasteiger partial charge on any atom is 0.244 e. The standard InChI is InChI=1S/C12H16BrNO2S/c1-9(3-2-8-15)14-12(16)7-5-10-4-6-11(13)17-10/h4-7,9,15H,2-3,8H2,1H3,(H,14,16)/b7-5+. The summed E-state index contributed by atoms with van der Waals surface area (Å²) in [6.07, 6.45) is 4.83. The van der Waals surface area contributed by atoms with E-state index in [1.807, 2.05) is 19.1 Å². The van der Waals surface area contributed by atoms with Crippen molar-refractivity contribution in [1.82, 2.24) is 5.32 Å². The van der Waals surface area contributed by atoms with Crippen LogP contribution in [-0.2, 0) is 4.79 Å². The third-order valence-corrected chi connectivity index (χ3v) is 3.77. The molecule has 0 radical (unpaired) electrons. The Kier molecular flexibility index (Phi) is 6.47. The lowest BCUT2D eigenvalue weighted by Crippen LogP contribution is -2.31. The molecule has 1 aromatic rings. The monoisotopic (exact) mass is 317 g/mol. The fraction of sp³-hybridized carbons (Fsp3) is 0.417. The van der Waals surface area contributed by atoms with Gasteiger partial charge in [-0.2, -0.15) is 0 Å². The Balaban J connectivity index is 2.36. The molecular formula is C12H16BrNO2S. The summed E-state index contributed by atoms with van der Waals surface area (Å²) < 4.78 is 1.05. The first kappa shape index (κ1) is 14.4. The predicted octanol–water partition coefficient (Wildman–Crippen LogP) is 2.80. The first-order valence-electron chi connectivity index (χ1n) is 5.46. The number of nitrogens with one attached hydrogen (secondary N) is 1. The molecule has 0 bridgehead atoms. The number of aliphatic hydroxyl groups is 1. The molecule has 0 aliphatic rings. The van der Waals surface area contributed by atoms with Gasteiger partial charge in [-0.3, -0.25) is 4.79 Å². The highest BCUT2D eigenvalue weighted by Gasteiger charge is 2.03. The maximum atomic E-state index is 11.5. The highest BCUT2D eigenvalue weighted by molar-refractivity contribution is 9.11. The molecule has 17 heavy (non-hydrogen) atoms. The lowest BCUT2D eigenvalue weighted by Gasteiger charge is -2.10. The van der Waals surface area contributed by atoms with E-state index in [4.69, 9.17) is 5.11 Å². The van der Waals surface area contributed by atoms with E-state index in [2.05, 4.69) is 21.2 Å². The molecule has 0 fully saturated rings. The smallest absolute Gasteiger partial charge is 0.244 e. The third-order valence-electron chi connectivity index (χ3n) is 2.18. The summed E-state index contributed by atoms with van der Waals surface area (Å²) in [5, 5.41) is 11.5. The summed E-state index contributed by atoms with van der Waals surface area (Å²) in [5.41, 5.74) is 0. The van der Waals surface area contributed by atoms with E-state index in [0.29, 0.717) is 6.42 Å². The number of rotatable bonds is 6. The van der Waals surface area contributed by atoms with Crippen LogP contribution in [-0.4, -0.2) is 23.7 Å². The van der Waals surface area contributed by atoms with Crippen molar-refractivity contribution >= 4 is 39.2 Å². The predicted molar refractivity (Wildman–Crippen MR) is 75.0 cm³/mol. The number of hydrogen-bond acceptors (Lipinski definition) is 3. The molecule has 94 valence electrons. The SMILES string of the molecule is CC(CCCO)NC(=O)/C=C/c1ccc(Br)s1. The van der Waals surface area contributed by atoms with Crippen molar-refractivity contribution in [3.8, 4) is 0 Å². The Morgan fingerprint density at radius 1 is 1.65 bits per heavy atom. The minimum atomic E-state index is -0.0973. The molecule has 0 spiro atoms. The van der Waals surface area contributed by atoms with E-state index in [9.17, 15) is 4.79 Å². The molecule has 1 aromatic heterocycles. The van der Waals surface area contributed by atoms with Gasteiger partial charge in [0.25, 0.3) is 0 Å². The van der Waals surface area contributed by atoms with Crippen molar-refractivity contribution in [2.24, 2.45) is 0 Å². The highest BCUT2D eigenvalue weighted by Crippen LogP contribution is 2.22. The highest BCUT2D eigenvalue weighted by atomic mass is 79.9. The first-order valence-corrected chi connectivity index (χ1v) is 7.07. The zero-order chi connectivity index (χ0) is 12.7. The van der Waals surface area contributed by atoms with Crippen LogP contribution in [0.2, 0.25) is 0 Å². The quantitative estimate of drug-likeness (QED) is 0.793. The maximum absolute atomic E-state index is 11.5. The van der Waals surface area contributed by atoms with E-state index in [1.54, 1.807) is 17.4 Å². The summed E-state index contributed by atoms with van der Waals surface area (Å²) in [7, 11) is 0. The van der Waals surface area contributed by atoms with Crippen molar-refractivity contribution in [2.75, 3.05) is 6.61 Å². The molecule has 0 saturated heterocycles. The lowest BCUT2D eigenvalue weighted by molar-refractivity contribution is -0.117. The number of carbonyl (C=O) groups is 1. The number of halogens is 1. The molecule has 1 atom stereocenters. The molecule has 0 aliphatic heterocycles. The normalized spacial score (nSPS) is 12.9. The number of aliphatic hydroxyl groups excluding tert-OH is 1. The number of thiophene rings is 1. The van der Waals surface area contributed by atoms with Crippen LogP contribution in [0.5, 0.6) is 0 Å². The van der Waals surface area contributed by atoms with Crippen LogP contribution in [0, 0.1) is 0 Å². The average Bonchev–Trinajstić information content (AvgIpc) is 2.70.